The van der Waals surface area contributed by atoms with Gasteiger partial charge in [0, 0.05) is 24.7 Å². The number of carbonyl (C=O) groups is 1. The Morgan fingerprint density at radius 3 is 2.71 bits per heavy atom. The summed E-state index contributed by atoms with van der Waals surface area (Å²) in [6.07, 6.45) is -0.581. The van der Waals surface area contributed by atoms with Gasteiger partial charge in [-0.15, -0.1) is 0 Å². The highest BCUT2D eigenvalue weighted by Crippen LogP contribution is 2.26. The average Bonchev–Trinajstić information content (AvgIpc) is 2.44. The smallest absolute Gasteiger partial charge is 0.251 e. The predicted molar refractivity (Wildman–Crippen MR) is 86.8 cm³/mol. The van der Waals surface area contributed by atoms with E-state index in [0.29, 0.717) is 34.9 Å². The Bertz CT molecular complexity index is 466. The second kappa shape index (κ2) is 9.02. The van der Waals surface area contributed by atoms with Crippen molar-refractivity contribution in [2.24, 2.45) is 0 Å². The molecule has 1 amide bonds. The lowest BCUT2D eigenvalue weighted by atomic mass is 10.2. The third-order valence-corrected chi connectivity index (χ3v) is 3.34. The zero-order valence-electron chi connectivity index (χ0n) is 12.6. The molecule has 1 unspecified atom stereocenters. The average molecular weight is 359 g/mol. The molecular formula is C15H23BrN2O3. The fourth-order valence-corrected chi connectivity index (χ4v) is 2.13. The first-order chi connectivity index (χ1) is 9.93. The topological polar surface area (TPSA) is 70.6 Å². The minimum atomic E-state index is -0.581. The van der Waals surface area contributed by atoms with Crippen LogP contribution in [0.4, 0.5) is 0 Å². The Hall–Kier alpha value is -1.11. The Morgan fingerprint density at radius 1 is 1.43 bits per heavy atom. The van der Waals surface area contributed by atoms with Crippen LogP contribution < -0.4 is 15.4 Å². The fourth-order valence-electron chi connectivity index (χ4n) is 1.64. The van der Waals surface area contributed by atoms with Crippen LogP contribution in [0.5, 0.6) is 5.75 Å². The molecule has 0 aromatic heterocycles. The largest absolute Gasteiger partial charge is 0.490 e. The molecule has 21 heavy (non-hydrogen) atoms. The molecule has 0 bridgehead atoms. The molecule has 1 aromatic rings. The summed E-state index contributed by atoms with van der Waals surface area (Å²) in [6.45, 7) is 7.17. The van der Waals surface area contributed by atoms with E-state index in [0.717, 1.165) is 0 Å². The summed E-state index contributed by atoms with van der Waals surface area (Å²) in [5, 5.41) is 15.7. The molecule has 0 saturated heterocycles. The summed E-state index contributed by atoms with van der Waals surface area (Å²) >= 11 is 3.38. The van der Waals surface area contributed by atoms with Crippen LogP contribution in [0, 0.1) is 0 Å². The SMILES string of the molecule is CCNC(=O)c1ccc(OCC(O)CNC(C)C)c(Br)c1. The van der Waals surface area contributed by atoms with Crippen molar-refractivity contribution in [3.8, 4) is 5.75 Å². The van der Waals surface area contributed by atoms with Gasteiger partial charge in [0.05, 0.1) is 4.47 Å². The second-order valence-corrected chi connectivity index (χ2v) is 5.89. The lowest BCUT2D eigenvalue weighted by molar-refractivity contribution is 0.0954. The molecule has 0 saturated carbocycles. The van der Waals surface area contributed by atoms with E-state index in [9.17, 15) is 9.90 Å². The van der Waals surface area contributed by atoms with E-state index in [4.69, 9.17) is 4.74 Å². The molecule has 5 nitrogen and oxygen atoms in total. The van der Waals surface area contributed by atoms with Gasteiger partial charge in [-0.1, -0.05) is 13.8 Å². The molecule has 1 atom stereocenters. The van der Waals surface area contributed by atoms with Crippen molar-refractivity contribution in [1.82, 2.24) is 10.6 Å². The van der Waals surface area contributed by atoms with Gasteiger partial charge in [0.1, 0.15) is 18.5 Å². The number of halogens is 1. The third kappa shape index (κ3) is 6.46. The summed E-state index contributed by atoms with van der Waals surface area (Å²) in [6, 6.07) is 5.45. The first-order valence-corrected chi connectivity index (χ1v) is 7.85. The first-order valence-electron chi connectivity index (χ1n) is 7.06. The van der Waals surface area contributed by atoms with Crippen molar-refractivity contribution in [2.75, 3.05) is 19.7 Å². The molecular weight excluding hydrogens is 336 g/mol. The Balaban J connectivity index is 2.54. The van der Waals surface area contributed by atoms with Gasteiger partial charge < -0.3 is 20.5 Å². The van der Waals surface area contributed by atoms with Gasteiger partial charge in [0.2, 0.25) is 0 Å². The summed E-state index contributed by atoms with van der Waals surface area (Å²) < 4.78 is 6.25. The van der Waals surface area contributed by atoms with E-state index in [2.05, 4.69) is 26.6 Å². The van der Waals surface area contributed by atoms with Crippen LogP contribution in [0.25, 0.3) is 0 Å². The summed E-state index contributed by atoms with van der Waals surface area (Å²) in [5.74, 6) is 0.484. The number of ether oxygens (including phenoxy) is 1. The number of carbonyl (C=O) groups excluding carboxylic acids is 1. The number of nitrogens with one attached hydrogen (secondary N) is 2. The maximum Gasteiger partial charge on any atom is 0.251 e. The summed E-state index contributed by atoms with van der Waals surface area (Å²) in [7, 11) is 0. The summed E-state index contributed by atoms with van der Waals surface area (Å²) in [4.78, 5) is 11.7. The van der Waals surface area contributed by atoms with Crippen LogP contribution in [0.3, 0.4) is 0 Å². The van der Waals surface area contributed by atoms with Crippen molar-refractivity contribution in [1.29, 1.82) is 0 Å². The van der Waals surface area contributed by atoms with Crippen molar-refractivity contribution < 1.29 is 14.6 Å². The highest BCUT2D eigenvalue weighted by Gasteiger charge is 2.10. The van der Waals surface area contributed by atoms with E-state index in [1.54, 1.807) is 18.2 Å². The van der Waals surface area contributed by atoms with Gasteiger partial charge >= 0.3 is 0 Å². The standard InChI is InChI=1S/C15H23BrN2O3/c1-4-17-15(20)11-5-6-14(13(16)7-11)21-9-12(19)8-18-10(2)3/h5-7,10,12,18-19H,4,8-9H2,1-3H3,(H,17,20). The van der Waals surface area contributed by atoms with Crippen molar-refractivity contribution in [3.63, 3.8) is 0 Å². The molecule has 6 heteroatoms. The molecule has 0 heterocycles. The lowest BCUT2D eigenvalue weighted by Gasteiger charge is -2.16. The van der Waals surface area contributed by atoms with Gasteiger partial charge in [0.15, 0.2) is 0 Å². The number of amides is 1. The normalized spacial score (nSPS) is 12.3. The molecule has 3 N–H and O–H groups in total. The van der Waals surface area contributed by atoms with Crippen LogP contribution in [0.2, 0.25) is 0 Å². The number of hydrogen-bond acceptors (Lipinski definition) is 4. The maximum atomic E-state index is 11.7. The predicted octanol–water partition coefficient (Wildman–Crippen LogP) is 1.94. The van der Waals surface area contributed by atoms with E-state index in [1.807, 2.05) is 20.8 Å². The zero-order valence-corrected chi connectivity index (χ0v) is 14.2. The van der Waals surface area contributed by atoms with Crippen LogP contribution in [0.15, 0.2) is 22.7 Å². The molecule has 1 rings (SSSR count). The van der Waals surface area contributed by atoms with E-state index in [-0.39, 0.29) is 12.5 Å². The highest BCUT2D eigenvalue weighted by molar-refractivity contribution is 9.10. The second-order valence-electron chi connectivity index (χ2n) is 5.03. The number of hydrogen-bond donors (Lipinski definition) is 3. The van der Waals surface area contributed by atoms with Crippen LogP contribution in [-0.2, 0) is 0 Å². The molecule has 0 aliphatic carbocycles. The third-order valence-electron chi connectivity index (χ3n) is 2.72. The minimum absolute atomic E-state index is 0.120. The molecule has 1 aromatic carbocycles. The Labute approximate surface area is 134 Å². The quantitative estimate of drug-likeness (QED) is 0.664. The number of aliphatic hydroxyl groups excluding tert-OH is 1. The lowest BCUT2D eigenvalue weighted by Crippen LogP contribution is -2.35. The van der Waals surface area contributed by atoms with Crippen molar-refractivity contribution in [3.05, 3.63) is 28.2 Å². The Morgan fingerprint density at radius 2 is 2.14 bits per heavy atom. The van der Waals surface area contributed by atoms with Gasteiger partial charge in [-0.2, -0.15) is 0 Å². The number of rotatable bonds is 8. The van der Waals surface area contributed by atoms with Gasteiger partial charge in [-0.05, 0) is 41.1 Å². The van der Waals surface area contributed by atoms with Crippen molar-refractivity contribution >= 4 is 21.8 Å². The highest BCUT2D eigenvalue weighted by atomic mass is 79.9. The van der Waals surface area contributed by atoms with E-state index >= 15 is 0 Å². The van der Waals surface area contributed by atoms with Gasteiger partial charge in [-0.25, -0.2) is 0 Å². The molecule has 0 fully saturated rings. The molecule has 0 spiro atoms. The fraction of sp³-hybridized carbons (Fsp3) is 0.533. The van der Waals surface area contributed by atoms with Crippen molar-refractivity contribution in [2.45, 2.75) is 32.9 Å². The Kier molecular flexibility index (Phi) is 7.71. The van der Waals surface area contributed by atoms with Crippen LogP contribution in [0.1, 0.15) is 31.1 Å². The molecule has 0 aliphatic rings. The van der Waals surface area contributed by atoms with Gasteiger partial charge in [0.25, 0.3) is 5.91 Å². The van der Waals surface area contributed by atoms with Crippen LogP contribution >= 0.6 is 15.9 Å². The van der Waals surface area contributed by atoms with Crippen LogP contribution in [-0.4, -0.2) is 42.9 Å². The molecule has 0 radical (unpaired) electrons. The zero-order chi connectivity index (χ0) is 15.8. The number of aliphatic hydroxyl groups is 1. The van der Waals surface area contributed by atoms with E-state index in [1.165, 1.54) is 0 Å². The first kappa shape index (κ1) is 17.9. The monoisotopic (exact) mass is 358 g/mol. The minimum Gasteiger partial charge on any atom is -0.490 e. The molecule has 118 valence electrons. The maximum absolute atomic E-state index is 11.7. The van der Waals surface area contributed by atoms with E-state index < -0.39 is 6.10 Å². The summed E-state index contributed by atoms with van der Waals surface area (Å²) in [5.41, 5.74) is 0.568. The van der Waals surface area contributed by atoms with Gasteiger partial charge in [-0.3, -0.25) is 4.79 Å². The molecule has 0 aliphatic heterocycles. The number of benzene rings is 1.